The highest BCUT2D eigenvalue weighted by Gasteiger charge is 2.33. The first kappa shape index (κ1) is 30.8. The van der Waals surface area contributed by atoms with Gasteiger partial charge >= 0.3 is 0 Å². The highest BCUT2D eigenvalue weighted by atomic mass is 35.5. The highest BCUT2D eigenvalue weighted by molar-refractivity contribution is 7.92. The quantitative estimate of drug-likeness (QED) is 0.290. The largest absolute Gasteiger partial charge is 0.354 e. The molecule has 1 N–H and O–H groups in total. The van der Waals surface area contributed by atoms with Crippen molar-refractivity contribution in [2.24, 2.45) is 0 Å². The van der Waals surface area contributed by atoms with Crippen molar-refractivity contribution in [3.63, 3.8) is 0 Å². The predicted molar refractivity (Wildman–Crippen MR) is 158 cm³/mol. The maximum atomic E-state index is 14.0. The molecule has 7 nitrogen and oxygen atoms in total. The molecule has 3 rings (SSSR count). The standard InChI is InChI=1S/C28H30Cl3N3O4S/c1-3-13-32-28(36)26(14-20-9-5-4-6-10-20)33(18-21-11-7-8-12-25(21)31)27(35)19-34(39(2,37)38)24-16-22(29)15-23(30)17-24/h4-12,15-17,26H,3,13-14,18-19H2,1-2H3,(H,32,36). The number of benzene rings is 3. The SMILES string of the molecule is CCCNC(=O)C(Cc1ccccc1)N(Cc1ccccc1Cl)C(=O)CN(c1cc(Cl)cc(Cl)c1)S(C)(=O)=O. The number of rotatable bonds is 12. The Morgan fingerprint density at radius 1 is 0.923 bits per heavy atom. The van der Waals surface area contributed by atoms with Gasteiger partial charge in [-0.2, -0.15) is 0 Å². The van der Waals surface area contributed by atoms with E-state index in [1.165, 1.54) is 23.1 Å². The van der Waals surface area contributed by atoms with E-state index >= 15 is 0 Å². The van der Waals surface area contributed by atoms with E-state index in [4.69, 9.17) is 34.8 Å². The van der Waals surface area contributed by atoms with Crippen molar-refractivity contribution in [1.82, 2.24) is 10.2 Å². The van der Waals surface area contributed by atoms with E-state index in [1.54, 1.807) is 24.3 Å². The molecule has 0 saturated heterocycles. The molecule has 0 aliphatic rings. The van der Waals surface area contributed by atoms with E-state index in [0.29, 0.717) is 23.6 Å². The Balaban J connectivity index is 2.07. The normalized spacial score (nSPS) is 12.0. The molecular formula is C28H30Cl3N3O4S. The lowest BCUT2D eigenvalue weighted by atomic mass is 10.0. The number of carbonyl (C=O) groups is 2. The second kappa shape index (κ2) is 14.0. The van der Waals surface area contributed by atoms with Gasteiger partial charge in [0, 0.05) is 34.6 Å². The van der Waals surface area contributed by atoms with E-state index in [-0.39, 0.29) is 34.6 Å². The zero-order valence-corrected chi connectivity index (χ0v) is 24.7. The van der Waals surface area contributed by atoms with Gasteiger partial charge in [0.15, 0.2) is 0 Å². The molecule has 1 atom stereocenters. The van der Waals surface area contributed by atoms with Crippen LogP contribution in [0.4, 0.5) is 5.69 Å². The topological polar surface area (TPSA) is 86.8 Å². The fraction of sp³-hybridized carbons (Fsp3) is 0.286. The number of nitrogens with one attached hydrogen (secondary N) is 1. The third-order valence-corrected chi connectivity index (χ3v) is 7.88. The van der Waals surface area contributed by atoms with Gasteiger partial charge in [-0.1, -0.05) is 90.3 Å². The smallest absolute Gasteiger partial charge is 0.244 e. The van der Waals surface area contributed by atoms with E-state index in [1.807, 2.05) is 37.3 Å². The van der Waals surface area contributed by atoms with E-state index in [0.717, 1.165) is 16.1 Å². The number of amides is 2. The van der Waals surface area contributed by atoms with E-state index in [9.17, 15) is 18.0 Å². The lowest BCUT2D eigenvalue weighted by Gasteiger charge is -2.33. The molecule has 0 fully saturated rings. The molecule has 0 radical (unpaired) electrons. The van der Waals surface area contributed by atoms with Crippen molar-refractivity contribution < 1.29 is 18.0 Å². The minimum Gasteiger partial charge on any atom is -0.354 e. The maximum absolute atomic E-state index is 14.0. The number of halogens is 3. The van der Waals surface area contributed by atoms with Crippen LogP contribution in [0, 0.1) is 0 Å². The number of hydrogen-bond donors (Lipinski definition) is 1. The lowest BCUT2D eigenvalue weighted by molar-refractivity contribution is -0.140. The van der Waals surface area contributed by atoms with E-state index in [2.05, 4.69) is 5.32 Å². The molecule has 0 aromatic heterocycles. The molecule has 2 amide bonds. The molecule has 11 heteroatoms. The van der Waals surface area contributed by atoms with Crippen LogP contribution in [-0.4, -0.2) is 50.5 Å². The molecule has 0 spiro atoms. The molecule has 0 heterocycles. The van der Waals surface area contributed by atoms with Crippen LogP contribution in [0.5, 0.6) is 0 Å². The van der Waals surface area contributed by atoms with Gasteiger partial charge in [0.1, 0.15) is 12.6 Å². The molecule has 0 bridgehead atoms. The summed E-state index contributed by atoms with van der Waals surface area (Å²) in [5.74, 6) is -0.943. The van der Waals surface area contributed by atoms with Gasteiger partial charge < -0.3 is 10.2 Å². The summed E-state index contributed by atoms with van der Waals surface area (Å²) < 4.78 is 26.6. The lowest BCUT2D eigenvalue weighted by Crippen LogP contribution is -2.53. The Morgan fingerprint density at radius 3 is 2.13 bits per heavy atom. The fourth-order valence-corrected chi connectivity index (χ4v) is 5.57. The Hall–Kier alpha value is -2.78. The number of carbonyl (C=O) groups excluding carboxylic acids is 2. The number of nitrogens with zero attached hydrogens (tertiary/aromatic N) is 2. The van der Waals surface area contributed by atoms with Crippen molar-refractivity contribution in [3.05, 3.63) is 99.0 Å². The van der Waals surface area contributed by atoms with Crippen LogP contribution >= 0.6 is 34.8 Å². The molecule has 39 heavy (non-hydrogen) atoms. The van der Waals surface area contributed by atoms with Gasteiger partial charge in [0.05, 0.1) is 11.9 Å². The molecule has 3 aromatic rings. The van der Waals surface area contributed by atoms with Crippen LogP contribution in [0.15, 0.2) is 72.8 Å². The minimum atomic E-state index is -3.94. The number of sulfonamides is 1. The highest BCUT2D eigenvalue weighted by Crippen LogP contribution is 2.28. The summed E-state index contributed by atoms with van der Waals surface area (Å²) in [6, 6.07) is 19.7. The Labute approximate surface area is 244 Å². The summed E-state index contributed by atoms with van der Waals surface area (Å²) >= 11 is 18.7. The molecule has 208 valence electrons. The van der Waals surface area contributed by atoms with Crippen molar-refractivity contribution in [2.75, 3.05) is 23.7 Å². The van der Waals surface area contributed by atoms with Gasteiger partial charge in [-0.15, -0.1) is 0 Å². The summed E-state index contributed by atoms with van der Waals surface area (Å²) in [4.78, 5) is 28.8. The molecule has 0 aliphatic heterocycles. The number of anilines is 1. The summed E-state index contributed by atoms with van der Waals surface area (Å²) in [6.45, 7) is 1.77. The van der Waals surface area contributed by atoms with E-state index < -0.39 is 28.5 Å². The molecule has 0 saturated carbocycles. The van der Waals surface area contributed by atoms with Gasteiger partial charge in [-0.05, 0) is 41.8 Å². The van der Waals surface area contributed by atoms with Crippen molar-refractivity contribution in [2.45, 2.75) is 32.4 Å². The second-order valence-electron chi connectivity index (χ2n) is 9.01. The maximum Gasteiger partial charge on any atom is 0.244 e. The average Bonchev–Trinajstić information content (AvgIpc) is 2.88. The first-order valence-electron chi connectivity index (χ1n) is 12.3. The monoisotopic (exact) mass is 609 g/mol. The second-order valence-corrected chi connectivity index (χ2v) is 12.2. The Morgan fingerprint density at radius 2 is 1.54 bits per heavy atom. The first-order chi connectivity index (χ1) is 18.5. The zero-order valence-electron chi connectivity index (χ0n) is 21.6. The van der Waals surface area contributed by atoms with Crippen LogP contribution in [0.2, 0.25) is 15.1 Å². The summed E-state index contributed by atoms with van der Waals surface area (Å²) in [7, 11) is -3.94. The van der Waals surface area contributed by atoms with Gasteiger partial charge in [0.2, 0.25) is 21.8 Å². The Bertz CT molecular complexity index is 1380. The van der Waals surface area contributed by atoms with Gasteiger partial charge in [-0.25, -0.2) is 8.42 Å². The minimum absolute atomic E-state index is 0.0105. The van der Waals surface area contributed by atoms with Gasteiger partial charge in [0.25, 0.3) is 0 Å². The number of hydrogen-bond acceptors (Lipinski definition) is 4. The molecular weight excluding hydrogens is 581 g/mol. The van der Waals surface area contributed by atoms with Gasteiger partial charge in [-0.3, -0.25) is 13.9 Å². The average molecular weight is 611 g/mol. The fourth-order valence-electron chi connectivity index (χ4n) is 4.03. The zero-order chi connectivity index (χ0) is 28.6. The van der Waals surface area contributed by atoms with Crippen LogP contribution in [0.1, 0.15) is 24.5 Å². The molecule has 3 aromatic carbocycles. The van der Waals surface area contributed by atoms with Crippen LogP contribution < -0.4 is 9.62 Å². The predicted octanol–water partition coefficient (Wildman–Crippen LogP) is 5.58. The first-order valence-corrected chi connectivity index (χ1v) is 15.3. The van der Waals surface area contributed by atoms with Crippen LogP contribution in [0.3, 0.4) is 0 Å². The summed E-state index contributed by atoms with van der Waals surface area (Å²) in [5, 5.41) is 3.74. The van der Waals surface area contributed by atoms with Crippen molar-refractivity contribution in [3.8, 4) is 0 Å². The third kappa shape index (κ3) is 8.86. The third-order valence-electron chi connectivity index (χ3n) is 5.93. The van der Waals surface area contributed by atoms with Crippen LogP contribution in [-0.2, 0) is 32.6 Å². The summed E-state index contributed by atoms with van der Waals surface area (Å²) in [5.41, 5.74) is 1.59. The Kier molecular flexibility index (Phi) is 11.1. The van der Waals surface area contributed by atoms with Crippen LogP contribution in [0.25, 0.3) is 0 Å². The molecule has 0 aliphatic carbocycles. The van der Waals surface area contributed by atoms with Crippen molar-refractivity contribution in [1.29, 1.82) is 0 Å². The van der Waals surface area contributed by atoms with Crippen molar-refractivity contribution >= 4 is 62.3 Å². The molecule has 1 unspecified atom stereocenters. The summed E-state index contributed by atoms with van der Waals surface area (Å²) in [6.07, 6.45) is 1.91.